The van der Waals surface area contributed by atoms with Crippen LogP contribution in [0, 0.1) is 5.92 Å². The molecule has 0 saturated heterocycles. The largest absolute Gasteiger partial charge is 0.447 e. The second-order valence-corrected chi connectivity index (χ2v) is 5.33. The third kappa shape index (κ3) is 4.05. The fourth-order valence-electron chi connectivity index (χ4n) is 1.32. The second kappa shape index (κ2) is 4.81. The Morgan fingerprint density at radius 2 is 2.07 bits per heavy atom. The zero-order chi connectivity index (χ0) is 11.5. The Bertz CT molecular complexity index is 403. The molecule has 0 saturated carbocycles. The molecule has 0 atom stereocenters. The fraction of sp³-hybridized carbons (Fsp3) is 0.600. The molecule has 0 aromatic carbocycles. The van der Waals surface area contributed by atoms with E-state index in [0.29, 0.717) is 18.1 Å². The third-order valence-corrected chi connectivity index (χ3v) is 2.82. The van der Waals surface area contributed by atoms with Gasteiger partial charge in [-0.3, -0.25) is 4.55 Å². The van der Waals surface area contributed by atoms with E-state index in [2.05, 4.69) is 13.8 Å². The predicted molar refractivity (Wildman–Crippen MR) is 56.3 cm³/mol. The zero-order valence-corrected chi connectivity index (χ0v) is 9.75. The monoisotopic (exact) mass is 232 g/mol. The van der Waals surface area contributed by atoms with Crippen molar-refractivity contribution in [1.29, 1.82) is 0 Å². The fourth-order valence-corrected chi connectivity index (χ4v) is 1.77. The van der Waals surface area contributed by atoms with Crippen LogP contribution in [0.15, 0.2) is 21.6 Å². The van der Waals surface area contributed by atoms with E-state index in [1.807, 2.05) is 0 Å². The highest BCUT2D eigenvalue weighted by atomic mass is 32.2. The number of hydrogen-bond donors (Lipinski definition) is 1. The molecule has 1 aromatic rings. The maximum Gasteiger partial charge on any atom is 0.328 e. The van der Waals surface area contributed by atoms with Gasteiger partial charge in [0.05, 0.1) is 0 Å². The predicted octanol–water partition coefficient (Wildman–Crippen LogP) is 2.50. The third-order valence-electron chi connectivity index (χ3n) is 2.10. The Kier molecular flexibility index (Phi) is 3.93. The average molecular weight is 232 g/mol. The van der Waals surface area contributed by atoms with Gasteiger partial charge in [-0.2, -0.15) is 8.42 Å². The van der Waals surface area contributed by atoms with Crippen molar-refractivity contribution in [3.8, 4) is 0 Å². The van der Waals surface area contributed by atoms with Crippen molar-refractivity contribution >= 4 is 10.1 Å². The lowest BCUT2D eigenvalue weighted by Gasteiger charge is -2.01. The molecule has 0 aliphatic carbocycles. The van der Waals surface area contributed by atoms with E-state index < -0.39 is 10.1 Å². The van der Waals surface area contributed by atoms with Crippen molar-refractivity contribution in [3.63, 3.8) is 0 Å². The summed E-state index contributed by atoms with van der Waals surface area (Å²) in [5, 5.41) is -0.373. The van der Waals surface area contributed by atoms with E-state index in [-0.39, 0.29) is 5.09 Å². The van der Waals surface area contributed by atoms with Gasteiger partial charge in [-0.25, -0.2) is 0 Å². The topological polar surface area (TPSA) is 67.5 Å². The molecule has 0 aliphatic rings. The molecule has 0 aliphatic heterocycles. The molecule has 1 heterocycles. The molecule has 1 aromatic heterocycles. The summed E-state index contributed by atoms with van der Waals surface area (Å²) in [5.41, 5.74) is 0. The van der Waals surface area contributed by atoms with E-state index in [0.717, 1.165) is 12.8 Å². The average Bonchev–Trinajstić information content (AvgIpc) is 2.51. The lowest BCUT2D eigenvalue weighted by Crippen LogP contribution is -1.95. The first-order valence-electron chi connectivity index (χ1n) is 4.96. The highest BCUT2D eigenvalue weighted by Gasteiger charge is 2.14. The van der Waals surface area contributed by atoms with Crippen molar-refractivity contribution in [2.75, 3.05) is 0 Å². The molecule has 0 amide bonds. The summed E-state index contributed by atoms with van der Waals surface area (Å²) in [6.45, 7) is 4.26. The number of aryl methyl sites for hydroxylation is 1. The van der Waals surface area contributed by atoms with E-state index >= 15 is 0 Å². The van der Waals surface area contributed by atoms with Crippen LogP contribution in [0.4, 0.5) is 0 Å². The molecule has 0 spiro atoms. The molecule has 1 rings (SSSR count). The SMILES string of the molecule is CC(C)CCCc1ccc(S(=O)(=O)O)o1. The van der Waals surface area contributed by atoms with Crippen LogP contribution in [0.25, 0.3) is 0 Å². The molecular weight excluding hydrogens is 216 g/mol. The highest BCUT2D eigenvalue weighted by molar-refractivity contribution is 7.85. The molecule has 0 unspecified atom stereocenters. The summed E-state index contributed by atoms with van der Waals surface area (Å²) in [6.07, 6.45) is 2.73. The number of furan rings is 1. The normalized spacial score (nSPS) is 12.3. The van der Waals surface area contributed by atoms with E-state index in [9.17, 15) is 8.42 Å². The van der Waals surface area contributed by atoms with Crippen LogP contribution in [0.5, 0.6) is 0 Å². The molecule has 0 radical (unpaired) electrons. The van der Waals surface area contributed by atoms with Crippen molar-refractivity contribution in [2.45, 2.75) is 38.2 Å². The van der Waals surface area contributed by atoms with Gasteiger partial charge in [-0.05, 0) is 24.5 Å². The molecule has 1 N–H and O–H groups in total. The molecule has 0 fully saturated rings. The zero-order valence-electron chi connectivity index (χ0n) is 8.93. The van der Waals surface area contributed by atoms with Gasteiger partial charge in [0.15, 0.2) is 0 Å². The van der Waals surface area contributed by atoms with Crippen molar-refractivity contribution in [2.24, 2.45) is 5.92 Å². The molecular formula is C10H16O4S. The van der Waals surface area contributed by atoms with Crippen LogP contribution in [-0.4, -0.2) is 13.0 Å². The summed E-state index contributed by atoms with van der Waals surface area (Å²) in [5.74, 6) is 1.23. The lowest BCUT2D eigenvalue weighted by molar-refractivity contribution is 0.379. The molecule has 0 bridgehead atoms. The first-order chi connectivity index (χ1) is 6.89. The van der Waals surface area contributed by atoms with Gasteiger partial charge in [0.1, 0.15) is 5.76 Å². The maximum atomic E-state index is 10.7. The maximum absolute atomic E-state index is 10.7. The summed E-state index contributed by atoms with van der Waals surface area (Å²) in [6, 6.07) is 2.86. The quantitative estimate of drug-likeness (QED) is 0.792. The second-order valence-electron chi connectivity index (χ2n) is 3.98. The summed E-state index contributed by atoms with van der Waals surface area (Å²) in [4.78, 5) is 0. The van der Waals surface area contributed by atoms with Gasteiger partial charge in [0.25, 0.3) is 0 Å². The minimum Gasteiger partial charge on any atom is -0.447 e. The van der Waals surface area contributed by atoms with Gasteiger partial charge in [0.2, 0.25) is 5.09 Å². The van der Waals surface area contributed by atoms with Gasteiger partial charge in [0, 0.05) is 6.42 Å². The minimum atomic E-state index is -4.19. The molecule has 4 nitrogen and oxygen atoms in total. The molecule has 5 heteroatoms. The Hall–Kier alpha value is -0.810. The van der Waals surface area contributed by atoms with Crippen LogP contribution in [0.2, 0.25) is 0 Å². The van der Waals surface area contributed by atoms with E-state index in [1.165, 1.54) is 6.07 Å². The number of hydrogen-bond acceptors (Lipinski definition) is 3. The van der Waals surface area contributed by atoms with Crippen molar-refractivity contribution in [3.05, 3.63) is 17.9 Å². The molecule has 86 valence electrons. The van der Waals surface area contributed by atoms with Crippen LogP contribution < -0.4 is 0 Å². The van der Waals surface area contributed by atoms with Crippen LogP contribution in [0.3, 0.4) is 0 Å². The van der Waals surface area contributed by atoms with Crippen LogP contribution in [0.1, 0.15) is 32.4 Å². The minimum absolute atomic E-state index is 0.373. The Morgan fingerprint density at radius 1 is 1.40 bits per heavy atom. The molecule has 15 heavy (non-hydrogen) atoms. The van der Waals surface area contributed by atoms with Crippen molar-refractivity contribution < 1.29 is 17.4 Å². The van der Waals surface area contributed by atoms with E-state index in [4.69, 9.17) is 8.97 Å². The van der Waals surface area contributed by atoms with Gasteiger partial charge < -0.3 is 4.42 Å². The van der Waals surface area contributed by atoms with Crippen LogP contribution >= 0.6 is 0 Å². The Morgan fingerprint density at radius 3 is 2.53 bits per heavy atom. The van der Waals surface area contributed by atoms with Gasteiger partial charge in [-0.1, -0.05) is 20.3 Å². The van der Waals surface area contributed by atoms with Crippen molar-refractivity contribution in [1.82, 2.24) is 0 Å². The van der Waals surface area contributed by atoms with Gasteiger partial charge >= 0.3 is 10.1 Å². The Labute approximate surface area is 90.0 Å². The lowest BCUT2D eigenvalue weighted by atomic mass is 10.1. The van der Waals surface area contributed by atoms with Gasteiger partial charge in [-0.15, -0.1) is 0 Å². The van der Waals surface area contributed by atoms with Crippen LogP contribution in [-0.2, 0) is 16.5 Å². The smallest absolute Gasteiger partial charge is 0.328 e. The Balaban J connectivity index is 2.54. The number of rotatable bonds is 5. The summed E-state index contributed by atoms with van der Waals surface area (Å²) in [7, 11) is -4.19. The first-order valence-corrected chi connectivity index (χ1v) is 6.40. The first kappa shape index (κ1) is 12.3. The highest BCUT2D eigenvalue weighted by Crippen LogP contribution is 2.16. The van der Waals surface area contributed by atoms with E-state index in [1.54, 1.807) is 6.07 Å². The standard InChI is InChI=1S/C10H16O4S/c1-8(2)4-3-5-9-6-7-10(14-9)15(11,12)13/h6-8H,3-5H2,1-2H3,(H,11,12,13). The summed E-state index contributed by atoms with van der Waals surface area (Å²) >= 11 is 0. The summed E-state index contributed by atoms with van der Waals surface area (Å²) < 4.78 is 35.1.